The average molecular weight is 282 g/mol. The van der Waals surface area contributed by atoms with Gasteiger partial charge < -0.3 is 0 Å². The zero-order valence-electron chi connectivity index (χ0n) is 11.2. The van der Waals surface area contributed by atoms with Crippen molar-refractivity contribution in [2.24, 2.45) is 5.92 Å². The van der Waals surface area contributed by atoms with Crippen LogP contribution in [0.5, 0.6) is 0 Å². The predicted octanol–water partition coefficient (Wildman–Crippen LogP) is 2.15. The summed E-state index contributed by atoms with van der Waals surface area (Å²) in [7, 11) is -3.02. The van der Waals surface area contributed by atoms with E-state index >= 15 is 0 Å². The van der Waals surface area contributed by atoms with E-state index < -0.39 is 14.6 Å². The fourth-order valence-electron chi connectivity index (χ4n) is 2.16. The Morgan fingerprint density at radius 2 is 1.94 bits per heavy atom. The highest BCUT2D eigenvalue weighted by molar-refractivity contribution is 7.92. The Kier molecular flexibility index (Phi) is 4.89. The van der Waals surface area contributed by atoms with E-state index in [0.717, 1.165) is 13.0 Å². The van der Waals surface area contributed by atoms with E-state index in [2.05, 4.69) is 11.8 Å². The summed E-state index contributed by atoms with van der Waals surface area (Å²) < 4.78 is 23.4. The van der Waals surface area contributed by atoms with Crippen LogP contribution in [-0.2, 0) is 9.84 Å². The van der Waals surface area contributed by atoms with Crippen LogP contribution in [0, 0.1) is 5.92 Å². The third kappa shape index (κ3) is 3.58. The molecule has 0 aromatic rings. The smallest absolute Gasteiger partial charge is 0.156 e. The molecule has 2 unspecified atom stereocenters. The molecule has 1 saturated heterocycles. The molecule has 0 aromatic carbocycles. The summed E-state index contributed by atoms with van der Waals surface area (Å²) in [5.74, 6) is 1.40. The molecule has 1 heterocycles. The van der Waals surface area contributed by atoms with E-state index in [-0.39, 0.29) is 5.75 Å². The highest BCUT2D eigenvalue weighted by atomic mass is 35.5. The molecule has 0 radical (unpaired) electrons. The van der Waals surface area contributed by atoms with Crippen molar-refractivity contribution in [1.82, 2.24) is 4.90 Å². The Bertz CT molecular complexity index is 348. The molecule has 5 heteroatoms. The first-order valence-electron chi connectivity index (χ1n) is 6.21. The van der Waals surface area contributed by atoms with Crippen LogP contribution in [0.2, 0.25) is 0 Å². The van der Waals surface area contributed by atoms with E-state index in [9.17, 15) is 8.42 Å². The monoisotopic (exact) mass is 281 g/mol. The molecule has 0 saturated carbocycles. The van der Waals surface area contributed by atoms with Gasteiger partial charge in [-0.25, -0.2) is 8.42 Å². The van der Waals surface area contributed by atoms with Crippen LogP contribution in [0.4, 0.5) is 0 Å². The molecule has 1 aliphatic heterocycles. The number of alkyl halides is 1. The van der Waals surface area contributed by atoms with Crippen LogP contribution in [0.1, 0.15) is 34.1 Å². The highest BCUT2D eigenvalue weighted by Crippen LogP contribution is 2.25. The third-order valence-electron chi connectivity index (χ3n) is 3.74. The van der Waals surface area contributed by atoms with Crippen molar-refractivity contribution >= 4 is 21.4 Å². The first kappa shape index (κ1) is 15.3. The van der Waals surface area contributed by atoms with Gasteiger partial charge in [0.1, 0.15) is 0 Å². The maximum absolute atomic E-state index is 12.0. The molecule has 1 aliphatic rings. The molecule has 1 rings (SSSR count). The van der Waals surface area contributed by atoms with Crippen molar-refractivity contribution in [1.29, 1.82) is 0 Å². The van der Waals surface area contributed by atoms with Gasteiger partial charge in [0, 0.05) is 18.5 Å². The maximum atomic E-state index is 12.0. The van der Waals surface area contributed by atoms with Crippen molar-refractivity contribution in [2.75, 3.05) is 24.7 Å². The van der Waals surface area contributed by atoms with Crippen molar-refractivity contribution in [3.63, 3.8) is 0 Å². The van der Waals surface area contributed by atoms with Crippen molar-refractivity contribution in [3.05, 3.63) is 0 Å². The second-order valence-corrected chi connectivity index (χ2v) is 9.13. The van der Waals surface area contributed by atoms with Gasteiger partial charge in [0.15, 0.2) is 9.84 Å². The van der Waals surface area contributed by atoms with Crippen LogP contribution < -0.4 is 0 Å². The molecule has 1 fully saturated rings. The number of hydrogen-bond donors (Lipinski definition) is 0. The van der Waals surface area contributed by atoms with Gasteiger partial charge in [0.05, 0.1) is 10.5 Å². The summed E-state index contributed by atoms with van der Waals surface area (Å²) in [5, 5.41) is 0. The Hall–Kier alpha value is 0.200. The summed E-state index contributed by atoms with van der Waals surface area (Å²) >= 11 is 5.95. The van der Waals surface area contributed by atoms with Gasteiger partial charge in [0.2, 0.25) is 0 Å². The number of hydrogen-bond acceptors (Lipinski definition) is 3. The minimum absolute atomic E-state index is 0.233. The lowest BCUT2D eigenvalue weighted by Crippen LogP contribution is -2.40. The largest absolute Gasteiger partial charge is 0.298 e. The van der Waals surface area contributed by atoms with Gasteiger partial charge >= 0.3 is 0 Å². The first-order chi connectivity index (χ1) is 7.69. The highest BCUT2D eigenvalue weighted by Gasteiger charge is 2.33. The quantitative estimate of drug-likeness (QED) is 0.741. The number of nitrogens with zero attached hydrogens (tertiary/aromatic N) is 1. The molecule has 0 aromatic heterocycles. The Morgan fingerprint density at radius 3 is 2.41 bits per heavy atom. The molecule has 0 amide bonds. The summed E-state index contributed by atoms with van der Waals surface area (Å²) in [5.41, 5.74) is 0. The molecular weight excluding hydrogens is 258 g/mol. The fraction of sp³-hybridized carbons (Fsp3) is 1.00. The standard InChI is InChI=1S/C12H24ClNO2S/c1-10-5-6-14(11(10)9-13)7-8-17(15,16)12(2,3)4/h10-11H,5-9H2,1-4H3. The van der Waals surface area contributed by atoms with Gasteiger partial charge in [-0.05, 0) is 39.7 Å². The number of likely N-dealkylation sites (tertiary alicyclic amines) is 1. The second kappa shape index (κ2) is 5.45. The molecule has 0 N–H and O–H groups in total. The van der Waals surface area contributed by atoms with Crippen LogP contribution >= 0.6 is 11.6 Å². The van der Waals surface area contributed by atoms with Crippen LogP contribution in [0.3, 0.4) is 0 Å². The number of sulfone groups is 1. The van der Waals surface area contributed by atoms with E-state index in [4.69, 9.17) is 11.6 Å². The number of halogens is 1. The van der Waals surface area contributed by atoms with Crippen LogP contribution in [-0.4, -0.2) is 48.8 Å². The minimum Gasteiger partial charge on any atom is -0.298 e. The normalized spacial score (nSPS) is 27.6. The van der Waals surface area contributed by atoms with E-state index in [0.29, 0.717) is 24.4 Å². The van der Waals surface area contributed by atoms with Gasteiger partial charge in [-0.15, -0.1) is 11.6 Å². The van der Waals surface area contributed by atoms with E-state index in [1.807, 2.05) is 0 Å². The molecule has 102 valence electrons. The average Bonchev–Trinajstić information content (AvgIpc) is 2.54. The molecule has 0 bridgehead atoms. The van der Waals surface area contributed by atoms with Crippen LogP contribution in [0.25, 0.3) is 0 Å². The Balaban J connectivity index is 2.58. The first-order valence-corrected chi connectivity index (χ1v) is 8.40. The second-order valence-electron chi connectivity index (χ2n) is 5.95. The Morgan fingerprint density at radius 1 is 1.35 bits per heavy atom. The lowest BCUT2D eigenvalue weighted by molar-refractivity contribution is 0.263. The van der Waals surface area contributed by atoms with Gasteiger partial charge in [-0.2, -0.15) is 0 Å². The molecule has 17 heavy (non-hydrogen) atoms. The molecule has 3 nitrogen and oxygen atoms in total. The van der Waals surface area contributed by atoms with Crippen molar-refractivity contribution in [2.45, 2.75) is 44.9 Å². The van der Waals surface area contributed by atoms with Gasteiger partial charge in [0.25, 0.3) is 0 Å². The zero-order valence-corrected chi connectivity index (χ0v) is 12.8. The van der Waals surface area contributed by atoms with Crippen LogP contribution in [0.15, 0.2) is 0 Å². The molecule has 0 spiro atoms. The predicted molar refractivity (Wildman–Crippen MR) is 73.4 cm³/mol. The summed E-state index contributed by atoms with van der Waals surface area (Å²) in [6.45, 7) is 9.04. The zero-order chi connectivity index (χ0) is 13.3. The van der Waals surface area contributed by atoms with Gasteiger partial charge in [-0.3, -0.25) is 4.90 Å². The lowest BCUT2D eigenvalue weighted by Gasteiger charge is -2.26. The summed E-state index contributed by atoms with van der Waals surface area (Å²) in [4.78, 5) is 2.22. The topological polar surface area (TPSA) is 37.4 Å². The number of rotatable bonds is 4. The summed E-state index contributed by atoms with van der Waals surface area (Å²) in [6.07, 6.45) is 1.12. The molecule has 2 atom stereocenters. The minimum atomic E-state index is -3.02. The molecular formula is C12H24ClNO2S. The Labute approximate surface area is 110 Å². The lowest BCUT2D eigenvalue weighted by atomic mass is 10.1. The SMILES string of the molecule is CC1CCN(CCS(=O)(=O)C(C)(C)C)C1CCl. The van der Waals surface area contributed by atoms with Crippen molar-refractivity contribution in [3.8, 4) is 0 Å². The van der Waals surface area contributed by atoms with Crippen molar-refractivity contribution < 1.29 is 8.42 Å². The third-order valence-corrected chi connectivity index (χ3v) is 6.64. The summed E-state index contributed by atoms with van der Waals surface area (Å²) in [6, 6.07) is 0.340. The molecule has 0 aliphatic carbocycles. The maximum Gasteiger partial charge on any atom is 0.156 e. The van der Waals surface area contributed by atoms with E-state index in [1.165, 1.54) is 0 Å². The fourth-order valence-corrected chi connectivity index (χ4v) is 3.75. The van der Waals surface area contributed by atoms with E-state index in [1.54, 1.807) is 20.8 Å². The van der Waals surface area contributed by atoms with Gasteiger partial charge in [-0.1, -0.05) is 6.92 Å².